The molecule has 19 heavy (non-hydrogen) atoms. The van der Waals surface area contributed by atoms with E-state index in [2.05, 4.69) is 35.3 Å². The fourth-order valence-electron chi connectivity index (χ4n) is 3.02. The third-order valence-electron chi connectivity index (χ3n) is 4.09. The summed E-state index contributed by atoms with van der Waals surface area (Å²) in [5.41, 5.74) is 13.4. The number of aryl methyl sites for hydroxylation is 3. The van der Waals surface area contributed by atoms with Crippen LogP contribution in [0.15, 0.2) is 18.2 Å². The maximum Gasteiger partial charge on any atom is 0.0955 e. The van der Waals surface area contributed by atoms with E-state index >= 15 is 0 Å². The molecule has 100 valence electrons. The van der Waals surface area contributed by atoms with E-state index in [-0.39, 0.29) is 0 Å². The van der Waals surface area contributed by atoms with E-state index in [1.165, 1.54) is 47.9 Å². The smallest absolute Gasteiger partial charge is 0.0955 e. The van der Waals surface area contributed by atoms with Crippen molar-refractivity contribution < 1.29 is 0 Å². The average molecular weight is 255 g/mol. The molecule has 0 bridgehead atoms. The predicted octanol–water partition coefficient (Wildman–Crippen LogP) is 2.77. The molecule has 2 aromatic rings. The van der Waals surface area contributed by atoms with Gasteiger partial charge in [0.2, 0.25) is 0 Å². The highest BCUT2D eigenvalue weighted by atomic mass is 15.1. The number of fused-ring (bicyclic) bond motifs is 1. The van der Waals surface area contributed by atoms with Crippen molar-refractivity contribution in [1.29, 1.82) is 0 Å². The Labute approximate surface area is 114 Å². The van der Waals surface area contributed by atoms with Crippen LogP contribution in [-0.4, -0.2) is 16.7 Å². The van der Waals surface area contributed by atoms with Crippen LogP contribution in [-0.2, 0) is 19.3 Å². The molecule has 0 saturated heterocycles. The molecule has 3 N–H and O–H groups in total. The normalized spacial score (nSPS) is 14.4. The van der Waals surface area contributed by atoms with Gasteiger partial charge < -0.3 is 5.73 Å². The van der Waals surface area contributed by atoms with E-state index in [1.54, 1.807) is 0 Å². The van der Waals surface area contributed by atoms with E-state index < -0.39 is 0 Å². The Morgan fingerprint density at radius 1 is 1.21 bits per heavy atom. The molecule has 1 aliphatic carbocycles. The number of hydrogen-bond donors (Lipinski definition) is 2. The molecule has 0 amide bonds. The third kappa shape index (κ3) is 2.30. The Hall–Kier alpha value is -1.61. The Balaban J connectivity index is 2.02. The maximum absolute atomic E-state index is 5.70. The molecular weight excluding hydrogens is 234 g/mol. The van der Waals surface area contributed by atoms with Crippen LogP contribution >= 0.6 is 0 Å². The summed E-state index contributed by atoms with van der Waals surface area (Å²) in [6.07, 6.45) is 5.95. The van der Waals surface area contributed by atoms with Gasteiger partial charge in [0.05, 0.1) is 5.69 Å². The number of nitrogens with zero attached hydrogens (tertiary/aromatic N) is 1. The van der Waals surface area contributed by atoms with Gasteiger partial charge in [0.25, 0.3) is 0 Å². The van der Waals surface area contributed by atoms with E-state index in [0.717, 1.165) is 17.8 Å². The van der Waals surface area contributed by atoms with Gasteiger partial charge in [-0.25, -0.2) is 0 Å². The van der Waals surface area contributed by atoms with Crippen LogP contribution < -0.4 is 5.73 Å². The fraction of sp³-hybridized carbons (Fsp3) is 0.438. The van der Waals surface area contributed by atoms with Crippen molar-refractivity contribution in [3.63, 3.8) is 0 Å². The van der Waals surface area contributed by atoms with E-state index in [9.17, 15) is 0 Å². The van der Waals surface area contributed by atoms with Crippen LogP contribution in [0.5, 0.6) is 0 Å². The predicted molar refractivity (Wildman–Crippen MR) is 78.2 cm³/mol. The van der Waals surface area contributed by atoms with Crippen molar-refractivity contribution in [2.75, 3.05) is 6.54 Å². The van der Waals surface area contributed by atoms with E-state index in [0.29, 0.717) is 6.54 Å². The highest BCUT2D eigenvalue weighted by Gasteiger charge is 2.15. The zero-order valence-electron chi connectivity index (χ0n) is 11.5. The average Bonchev–Trinajstić information content (AvgIpc) is 2.80. The van der Waals surface area contributed by atoms with Crippen LogP contribution in [0, 0.1) is 6.92 Å². The van der Waals surface area contributed by atoms with Gasteiger partial charge in [-0.15, -0.1) is 0 Å². The van der Waals surface area contributed by atoms with Crippen molar-refractivity contribution in [3.8, 4) is 11.3 Å². The van der Waals surface area contributed by atoms with Gasteiger partial charge in [-0.2, -0.15) is 5.10 Å². The maximum atomic E-state index is 5.70. The topological polar surface area (TPSA) is 54.7 Å². The molecule has 3 rings (SSSR count). The van der Waals surface area contributed by atoms with Crippen molar-refractivity contribution in [2.24, 2.45) is 5.73 Å². The summed E-state index contributed by atoms with van der Waals surface area (Å²) >= 11 is 0. The fourth-order valence-corrected chi connectivity index (χ4v) is 3.02. The number of nitrogens with two attached hydrogens (primary N) is 1. The SMILES string of the molecule is Cc1[nH]nc(-c2ccc3c(c2)CCCC3)c1CCN. The summed E-state index contributed by atoms with van der Waals surface area (Å²) in [6.45, 7) is 2.73. The molecule has 0 radical (unpaired) electrons. The lowest BCUT2D eigenvalue weighted by Gasteiger charge is -2.16. The summed E-state index contributed by atoms with van der Waals surface area (Å²) < 4.78 is 0. The summed E-state index contributed by atoms with van der Waals surface area (Å²) in [6, 6.07) is 6.81. The van der Waals surface area contributed by atoms with Crippen molar-refractivity contribution in [3.05, 3.63) is 40.6 Å². The minimum absolute atomic E-state index is 0.665. The van der Waals surface area contributed by atoms with Gasteiger partial charge in [-0.3, -0.25) is 5.10 Å². The first-order valence-electron chi connectivity index (χ1n) is 7.15. The van der Waals surface area contributed by atoms with Crippen LogP contribution in [0.1, 0.15) is 35.2 Å². The number of hydrogen-bond acceptors (Lipinski definition) is 2. The van der Waals surface area contributed by atoms with Gasteiger partial charge in [0.1, 0.15) is 0 Å². The minimum atomic E-state index is 0.665. The molecule has 0 spiro atoms. The minimum Gasteiger partial charge on any atom is -0.330 e. The zero-order valence-corrected chi connectivity index (χ0v) is 11.5. The lowest BCUT2D eigenvalue weighted by molar-refractivity contribution is 0.686. The molecule has 0 fully saturated rings. The number of aromatic amines is 1. The Morgan fingerprint density at radius 3 is 2.79 bits per heavy atom. The molecule has 1 aromatic heterocycles. The summed E-state index contributed by atoms with van der Waals surface area (Å²) in [7, 11) is 0. The van der Waals surface area contributed by atoms with Crippen molar-refractivity contribution >= 4 is 0 Å². The van der Waals surface area contributed by atoms with E-state index in [1.807, 2.05) is 0 Å². The first-order chi connectivity index (χ1) is 9.29. The number of nitrogens with one attached hydrogen (secondary N) is 1. The number of aromatic nitrogens is 2. The Bertz CT molecular complexity index is 584. The second kappa shape index (κ2) is 5.17. The van der Waals surface area contributed by atoms with Gasteiger partial charge in [-0.1, -0.05) is 12.1 Å². The van der Waals surface area contributed by atoms with Crippen molar-refractivity contribution in [2.45, 2.75) is 39.0 Å². The second-order valence-corrected chi connectivity index (χ2v) is 5.41. The molecule has 3 nitrogen and oxygen atoms in total. The molecule has 0 atom stereocenters. The van der Waals surface area contributed by atoms with Crippen LogP contribution in [0.3, 0.4) is 0 Å². The standard InChI is InChI=1S/C16H21N3/c1-11-15(8-9-17)16(19-18-11)14-7-6-12-4-2-3-5-13(12)10-14/h6-7,10H,2-5,8-9,17H2,1H3,(H,18,19). The number of H-pyrrole nitrogens is 1. The number of rotatable bonds is 3. The summed E-state index contributed by atoms with van der Waals surface area (Å²) in [4.78, 5) is 0. The molecule has 1 heterocycles. The summed E-state index contributed by atoms with van der Waals surface area (Å²) in [5.74, 6) is 0. The lowest BCUT2D eigenvalue weighted by Crippen LogP contribution is -2.05. The van der Waals surface area contributed by atoms with Gasteiger partial charge in [-0.05, 0) is 62.8 Å². The van der Waals surface area contributed by atoms with Gasteiger partial charge in [0, 0.05) is 16.8 Å². The Kier molecular flexibility index (Phi) is 3.38. The van der Waals surface area contributed by atoms with Crippen LogP contribution in [0.4, 0.5) is 0 Å². The highest BCUT2D eigenvalue weighted by molar-refractivity contribution is 5.65. The molecule has 0 unspecified atom stereocenters. The molecule has 0 saturated carbocycles. The largest absolute Gasteiger partial charge is 0.330 e. The zero-order chi connectivity index (χ0) is 13.2. The molecule has 1 aliphatic rings. The van der Waals surface area contributed by atoms with Gasteiger partial charge >= 0.3 is 0 Å². The second-order valence-electron chi connectivity index (χ2n) is 5.41. The third-order valence-corrected chi connectivity index (χ3v) is 4.09. The summed E-state index contributed by atoms with van der Waals surface area (Å²) in [5, 5.41) is 7.57. The monoisotopic (exact) mass is 255 g/mol. The van der Waals surface area contributed by atoms with Gasteiger partial charge in [0.15, 0.2) is 0 Å². The van der Waals surface area contributed by atoms with Crippen molar-refractivity contribution in [1.82, 2.24) is 10.2 Å². The van der Waals surface area contributed by atoms with Crippen LogP contribution in [0.2, 0.25) is 0 Å². The first kappa shape index (κ1) is 12.4. The number of benzene rings is 1. The Morgan fingerprint density at radius 2 is 2.00 bits per heavy atom. The molecular formula is C16H21N3. The quantitative estimate of drug-likeness (QED) is 0.886. The highest BCUT2D eigenvalue weighted by Crippen LogP contribution is 2.29. The molecule has 1 aromatic carbocycles. The molecule has 3 heteroatoms. The van der Waals surface area contributed by atoms with E-state index in [4.69, 9.17) is 5.73 Å². The lowest BCUT2D eigenvalue weighted by atomic mass is 9.89. The first-order valence-corrected chi connectivity index (χ1v) is 7.15. The van der Waals surface area contributed by atoms with Crippen LogP contribution in [0.25, 0.3) is 11.3 Å². The molecule has 0 aliphatic heterocycles.